The molecular formula is C18H22F3N7O2. The number of alkyl halides is 3. The molecule has 0 aromatic carbocycles. The van der Waals surface area contributed by atoms with Crippen LogP contribution in [-0.4, -0.2) is 62.7 Å². The summed E-state index contributed by atoms with van der Waals surface area (Å²) in [7, 11) is 0. The summed E-state index contributed by atoms with van der Waals surface area (Å²) in [5, 5.41) is 10.8. The number of halogens is 3. The number of likely N-dealkylation sites (tertiary alicyclic amines) is 1. The topological polar surface area (TPSA) is 110 Å². The molecule has 2 amide bonds. The van der Waals surface area contributed by atoms with Crippen LogP contribution in [0.3, 0.4) is 0 Å². The number of carbonyl (C=O) groups excluding carboxylic acids is 2. The zero-order valence-electron chi connectivity index (χ0n) is 16.2. The standard InChI is InChI=1S/C18H22F3N7O2/c19-18(20,21)17-24-23-13-1-2-14(25-28(13)17)26-7-5-12(6-8-26)16(30)27-9-3-11(4-10-27)15(22)29/h1-2,11-12H,3-10H2,(H2,22,29). The Morgan fingerprint density at radius 2 is 1.60 bits per heavy atom. The minimum atomic E-state index is -4.65. The van der Waals surface area contributed by atoms with Gasteiger partial charge in [0, 0.05) is 38.0 Å². The molecule has 162 valence electrons. The van der Waals surface area contributed by atoms with Crippen LogP contribution in [0.4, 0.5) is 19.0 Å². The number of hydrogen-bond acceptors (Lipinski definition) is 6. The fraction of sp³-hybridized carbons (Fsp3) is 0.611. The predicted octanol–water partition coefficient (Wildman–Crippen LogP) is 1.08. The Bertz CT molecular complexity index is 945. The highest BCUT2D eigenvalue weighted by Gasteiger charge is 2.38. The van der Waals surface area contributed by atoms with E-state index in [1.54, 1.807) is 11.0 Å². The van der Waals surface area contributed by atoms with Crippen molar-refractivity contribution in [3.8, 4) is 0 Å². The van der Waals surface area contributed by atoms with Gasteiger partial charge in [-0.1, -0.05) is 0 Å². The SMILES string of the molecule is NC(=O)C1CCN(C(=O)C2CCN(c3ccc4nnc(C(F)(F)F)n4n3)CC2)CC1. The number of hydrogen-bond donors (Lipinski definition) is 1. The molecule has 2 aromatic heterocycles. The largest absolute Gasteiger partial charge is 0.453 e. The highest BCUT2D eigenvalue weighted by molar-refractivity contribution is 5.80. The summed E-state index contributed by atoms with van der Waals surface area (Å²) < 4.78 is 39.9. The molecular weight excluding hydrogens is 403 g/mol. The molecule has 2 aliphatic rings. The summed E-state index contributed by atoms with van der Waals surface area (Å²) in [4.78, 5) is 27.7. The molecule has 4 rings (SSSR count). The molecule has 0 spiro atoms. The van der Waals surface area contributed by atoms with Crippen LogP contribution < -0.4 is 10.6 Å². The van der Waals surface area contributed by atoms with Crippen molar-refractivity contribution >= 4 is 23.3 Å². The number of fused-ring (bicyclic) bond motifs is 1. The van der Waals surface area contributed by atoms with E-state index in [2.05, 4.69) is 15.3 Å². The van der Waals surface area contributed by atoms with Gasteiger partial charge in [0.15, 0.2) is 5.65 Å². The number of amides is 2. The number of anilines is 1. The number of piperidine rings is 2. The van der Waals surface area contributed by atoms with Crippen molar-refractivity contribution < 1.29 is 22.8 Å². The van der Waals surface area contributed by atoms with E-state index in [0.717, 1.165) is 0 Å². The summed E-state index contributed by atoms with van der Waals surface area (Å²) in [6, 6.07) is 3.06. The summed E-state index contributed by atoms with van der Waals surface area (Å²) in [6.07, 6.45) is -2.30. The van der Waals surface area contributed by atoms with E-state index in [0.29, 0.717) is 62.2 Å². The smallest absolute Gasteiger partial charge is 0.369 e. The van der Waals surface area contributed by atoms with Crippen molar-refractivity contribution in [1.29, 1.82) is 0 Å². The summed E-state index contributed by atoms with van der Waals surface area (Å²) in [6.45, 7) is 2.07. The molecule has 0 bridgehead atoms. The molecule has 2 N–H and O–H groups in total. The first-order chi connectivity index (χ1) is 14.2. The van der Waals surface area contributed by atoms with Crippen molar-refractivity contribution in [3.63, 3.8) is 0 Å². The molecule has 9 nitrogen and oxygen atoms in total. The van der Waals surface area contributed by atoms with Crippen LogP contribution in [0.15, 0.2) is 12.1 Å². The first kappa shape index (κ1) is 20.4. The van der Waals surface area contributed by atoms with Crippen molar-refractivity contribution in [2.75, 3.05) is 31.1 Å². The lowest BCUT2D eigenvalue weighted by Crippen LogP contribution is -2.47. The molecule has 0 saturated carbocycles. The second kappa shape index (κ2) is 7.73. The van der Waals surface area contributed by atoms with Gasteiger partial charge in [-0.3, -0.25) is 9.59 Å². The minimum absolute atomic E-state index is 0.0236. The number of primary amides is 1. The Hall–Kier alpha value is -2.92. The Kier molecular flexibility index (Phi) is 5.24. The van der Waals surface area contributed by atoms with Gasteiger partial charge in [-0.05, 0) is 37.8 Å². The fourth-order valence-electron chi connectivity index (χ4n) is 4.12. The number of nitrogens with two attached hydrogens (primary N) is 1. The van der Waals surface area contributed by atoms with Crippen molar-refractivity contribution in [2.45, 2.75) is 31.9 Å². The van der Waals surface area contributed by atoms with E-state index in [9.17, 15) is 22.8 Å². The molecule has 4 heterocycles. The maximum absolute atomic E-state index is 13.1. The van der Waals surface area contributed by atoms with Crippen LogP contribution in [0.5, 0.6) is 0 Å². The van der Waals surface area contributed by atoms with Crippen LogP contribution in [0.2, 0.25) is 0 Å². The van der Waals surface area contributed by atoms with E-state index in [-0.39, 0.29) is 29.3 Å². The van der Waals surface area contributed by atoms with Gasteiger partial charge in [0.1, 0.15) is 5.82 Å². The van der Waals surface area contributed by atoms with E-state index < -0.39 is 12.0 Å². The third kappa shape index (κ3) is 3.90. The maximum atomic E-state index is 13.1. The molecule has 2 aliphatic heterocycles. The quantitative estimate of drug-likeness (QED) is 0.788. The van der Waals surface area contributed by atoms with E-state index in [4.69, 9.17) is 5.73 Å². The highest BCUT2D eigenvalue weighted by atomic mass is 19.4. The summed E-state index contributed by atoms with van der Waals surface area (Å²) in [5.41, 5.74) is 5.36. The lowest BCUT2D eigenvalue weighted by atomic mass is 9.92. The van der Waals surface area contributed by atoms with E-state index in [1.165, 1.54) is 6.07 Å². The van der Waals surface area contributed by atoms with Gasteiger partial charge in [0.05, 0.1) is 0 Å². The zero-order valence-corrected chi connectivity index (χ0v) is 16.2. The molecule has 2 saturated heterocycles. The predicted molar refractivity (Wildman–Crippen MR) is 99.2 cm³/mol. The number of nitrogens with zero attached hydrogens (tertiary/aromatic N) is 6. The van der Waals surface area contributed by atoms with Gasteiger partial charge in [-0.15, -0.1) is 15.3 Å². The van der Waals surface area contributed by atoms with E-state index >= 15 is 0 Å². The molecule has 2 fully saturated rings. The van der Waals surface area contributed by atoms with Crippen LogP contribution in [0.1, 0.15) is 31.5 Å². The first-order valence-electron chi connectivity index (χ1n) is 9.87. The first-order valence-corrected chi connectivity index (χ1v) is 9.87. The van der Waals surface area contributed by atoms with Crippen molar-refractivity contribution in [3.05, 3.63) is 18.0 Å². The van der Waals surface area contributed by atoms with E-state index in [1.807, 2.05) is 4.90 Å². The monoisotopic (exact) mass is 425 g/mol. The Labute approximate surface area is 170 Å². The van der Waals surface area contributed by atoms with Crippen LogP contribution >= 0.6 is 0 Å². The average molecular weight is 425 g/mol. The normalized spacial score (nSPS) is 19.4. The number of rotatable bonds is 3. The fourth-order valence-corrected chi connectivity index (χ4v) is 4.12. The van der Waals surface area contributed by atoms with Gasteiger partial charge >= 0.3 is 6.18 Å². The molecule has 30 heavy (non-hydrogen) atoms. The Balaban J connectivity index is 1.39. The number of carbonyl (C=O) groups is 2. The van der Waals surface area contributed by atoms with Crippen LogP contribution in [0.25, 0.3) is 5.65 Å². The highest BCUT2D eigenvalue weighted by Crippen LogP contribution is 2.29. The second-order valence-electron chi connectivity index (χ2n) is 7.75. The molecule has 2 aromatic rings. The third-order valence-electron chi connectivity index (χ3n) is 5.88. The Morgan fingerprint density at radius 1 is 0.967 bits per heavy atom. The molecule has 0 atom stereocenters. The molecule has 0 radical (unpaired) electrons. The Morgan fingerprint density at radius 3 is 2.20 bits per heavy atom. The maximum Gasteiger partial charge on any atom is 0.453 e. The number of aromatic nitrogens is 4. The lowest BCUT2D eigenvalue weighted by Gasteiger charge is -2.37. The minimum Gasteiger partial charge on any atom is -0.369 e. The molecule has 12 heteroatoms. The van der Waals surface area contributed by atoms with Gasteiger partial charge in [-0.25, -0.2) is 0 Å². The lowest BCUT2D eigenvalue weighted by molar-refractivity contribution is -0.146. The van der Waals surface area contributed by atoms with Gasteiger partial charge in [0.2, 0.25) is 11.8 Å². The zero-order chi connectivity index (χ0) is 21.5. The average Bonchev–Trinajstić information content (AvgIpc) is 3.17. The van der Waals surface area contributed by atoms with Gasteiger partial charge in [0.25, 0.3) is 5.82 Å². The summed E-state index contributed by atoms with van der Waals surface area (Å²) >= 11 is 0. The molecule has 0 aliphatic carbocycles. The van der Waals surface area contributed by atoms with Crippen LogP contribution in [-0.2, 0) is 15.8 Å². The van der Waals surface area contributed by atoms with Crippen LogP contribution in [0, 0.1) is 11.8 Å². The van der Waals surface area contributed by atoms with Crippen molar-refractivity contribution in [1.82, 2.24) is 24.7 Å². The van der Waals surface area contributed by atoms with Gasteiger partial charge < -0.3 is 15.5 Å². The van der Waals surface area contributed by atoms with Crippen molar-refractivity contribution in [2.24, 2.45) is 17.6 Å². The third-order valence-corrected chi connectivity index (χ3v) is 5.88. The summed E-state index contributed by atoms with van der Waals surface area (Å²) in [5.74, 6) is -1.34. The second-order valence-corrected chi connectivity index (χ2v) is 7.75. The molecule has 0 unspecified atom stereocenters. The van der Waals surface area contributed by atoms with Gasteiger partial charge in [-0.2, -0.15) is 17.7 Å².